The Balaban J connectivity index is 2.29. The Morgan fingerprint density at radius 2 is 2.12 bits per heavy atom. The Morgan fingerprint density at radius 1 is 1.35 bits per heavy atom. The van der Waals surface area contributed by atoms with Crippen LogP contribution in [0.3, 0.4) is 0 Å². The lowest BCUT2D eigenvalue weighted by atomic mass is 10.1. The monoisotopic (exact) mass is 231 g/mol. The molecule has 0 aliphatic rings. The van der Waals surface area contributed by atoms with Crippen LogP contribution < -0.4 is 5.73 Å². The highest BCUT2D eigenvalue weighted by molar-refractivity contribution is 5.81. The Labute approximate surface area is 103 Å². The Morgan fingerprint density at radius 3 is 2.82 bits per heavy atom. The maximum atomic E-state index is 5.99. The molecule has 0 unspecified atom stereocenters. The maximum absolute atomic E-state index is 5.99. The van der Waals surface area contributed by atoms with Crippen molar-refractivity contribution in [1.29, 1.82) is 0 Å². The SMILES string of the molecule is Cc1cccc2nc(N)n(CCCC(C)C)c12. The molecule has 1 aromatic carbocycles. The molecule has 2 aromatic rings. The third-order valence-electron chi connectivity index (χ3n) is 3.16. The van der Waals surface area contributed by atoms with Crippen molar-refractivity contribution in [2.45, 2.75) is 40.2 Å². The first-order chi connectivity index (χ1) is 8.09. The van der Waals surface area contributed by atoms with Gasteiger partial charge in [-0.3, -0.25) is 0 Å². The first-order valence-electron chi connectivity index (χ1n) is 6.31. The molecule has 0 radical (unpaired) electrons. The fourth-order valence-corrected chi connectivity index (χ4v) is 2.27. The van der Waals surface area contributed by atoms with Crippen molar-refractivity contribution >= 4 is 17.0 Å². The van der Waals surface area contributed by atoms with Crippen LogP contribution in [0.25, 0.3) is 11.0 Å². The normalized spacial score (nSPS) is 11.5. The summed E-state index contributed by atoms with van der Waals surface area (Å²) in [6.45, 7) is 7.58. The van der Waals surface area contributed by atoms with Gasteiger partial charge in [0.25, 0.3) is 0 Å². The number of para-hydroxylation sites is 1. The standard InChI is InChI=1S/C14H21N3/c1-10(2)6-5-9-17-13-11(3)7-4-8-12(13)16-14(17)15/h4,7-8,10H,5-6,9H2,1-3H3,(H2,15,16). The number of fused-ring (bicyclic) bond motifs is 1. The predicted molar refractivity (Wildman–Crippen MR) is 73.0 cm³/mol. The summed E-state index contributed by atoms with van der Waals surface area (Å²) in [6, 6.07) is 6.17. The van der Waals surface area contributed by atoms with E-state index in [2.05, 4.69) is 36.4 Å². The van der Waals surface area contributed by atoms with Crippen LogP contribution in [0, 0.1) is 12.8 Å². The molecule has 92 valence electrons. The van der Waals surface area contributed by atoms with E-state index in [4.69, 9.17) is 5.73 Å². The van der Waals surface area contributed by atoms with Gasteiger partial charge in [0.1, 0.15) is 0 Å². The number of hydrogen-bond donors (Lipinski definition) is 1. The van der Waals surface area contributed by atoms with E-state index in [1.54, 1.807) is 0 Å². The number of nitrogen functional groups attached to an aromatic ring is 1. The van der Waals surface area contributed by atoms with E-state index in [0.717, 1.165) is 24.4 Å². The molecule has 1 heterocycles. The average Bonchev–Trinajstić information content (AvgIpc) is 2.56. The van der Waals surface area contributed by atoms with E-state index in [1.807, 2.05) is 12.1 Å². The molecule has 0 aliphatic carbocycles. The van der Waals surface area contributed by atoms with E-state index in [-0.39, 0.29) is 0 Å². The molecule has 0 atom stereocenters. The Hall–Kier alpha value is -1.51. The van der Waals surface area contributed by atoms with Gasteiger partial charge in [-0.25, -0.2) is 4.98 Å². The van der Waals surface area contributed by atoms with E-state index in [9.17, 15) is 0 Å². The van der Waals surface area contributed by atoms with Crippen molar-refractivity contribution in [3.05, 3.63) is 23.8 Å². The predicted octanol–water partition coefficient (Wildman–Crippen LogP) is 3.36. The summed E-state index contributed by atoms with van der Waals surface area (Å²) in [4.78, 5) is 4.41. The number of hydrogen-bond acceptors (Lipinski definition) is 2. The van der Waals surface area contributed by atoms with Crippen LogP contribution in [0.5, 0.6) is 0 Å². The van der Waals surface area contributed by atoms with Crippen molar-refractivity contribution in [2.24, 2.45) is 5.92 Å². The zero-order valence-electron chi connectivity index (χ0n) is 10.9. The van der Waals surface area contributed by atoms with Gasteiger partial charge in [0.2, 0.25) is 5.95 Å². The lowest BCUT2D eigenvalue weighted by Crippen LogP contribution is -2.05. The summed E-state index contributed by atoms with van der Waals surface area (Å²) in [7, 11) is 0. The van der Waals surface area contributed by atoms with E-state index in [1.165, 1.54) is 17.5 Å². The summed E-state index contributed by atoms with van der Waals surface area (Å²) >= 11 is 0. The summed E-state index contributed by atoms with van der Waals surface area (Å²) in [6.07, 6.45) is 2.38. The molecule has 0 saturated carbocycles. The quantitative estimate of drug-likeness (QED) is 0.876. The minimum atomic E-state index is 0.637. The van der Waals surface area contributed by atoms with Crippen molar-refractivity contribution < 1.29 is 0 Å². The minimum absolute atomic E-state index is 0.637. The average molecular weight is 231 g/mol. The van der Waals surface area contributed by atoms with Gasteiger partial charge in [-0.1, -0.05) is 26.0 Å². The van der Waals surface area contributed by atoms with Gasteiger partial charge >= 0.3 is 0 Å². The highest BCUT2D eigenvalue weighted by Crippen LogP contribution is 2.22. The van der Waals surface area contributed by atoms with Crippen LogP contribution in [-0.2, 0) is 6.54 Å². The number of aryl methyl sites for hydroxylation is 2. The second-order valence-corrected chi connectivity index (χ2v) is 5.10. The fourth-order valence-electron chi connectivity index (χ4n) is 2.27. The van der Waals surface area contributed by atoms with Gasteiger partial charge < -0.3 is 10.3 Å². The van der Waals surface area contributed by atoms with Gasteiger partial charge in [0.15, 0.2) is 0 Å². The second kappa shape index (κ2) is 4.78. The molecule has 17 heavy (non-hydrogen) atoms. The fraction of sp³-hybridized carbons (Fsp3) is 0.500. The van der Waals surface area contributed by atoms with E-state index in [0.29, 0.717) is 5.95 Å². The summed E-state index contributed by atoms with van der Waals surface area (Å²) in [5, 5.41) is 0. The zero-order chi connectivity index (χ0) is 12.4. The van der Waals surface area contributed by atoms with Gasteiger partial charge in [-0.15, -0.1) is 0 Å². The minimum Gasteiger partial charge on any atom is -0.369 e. The topological polar surface area (TPSA) is 43.8 Å². The third-order valence-corrected chi connectivity index (χ3v) is 3.16. The molecule has 1 aromatic heterocycles. The lowest BCUT2D eigenvalue weighted by Gasteiger charge is -2.09. The van der Waals surface area contributed by atoms with Gasteiger partial charge in [0, 0.05) is 6.54 Å². The van der Waals surface area contributed by atoms with Crippen LogP contribution in [0.1, 0.15) is 32.3 Å². The number of rotatable bonds is 4. The smallest absolute Gasteiger partial charge is 0.201 e. The van der Waals surface area contributed by atoms with Gasteiger partial charge in [0.05, 0.1) is 11.0 Å². The molecule has 0 fully saturated rings. The zero-order valence-corrected chi connectivity index (χ0v) is 10.9. The van der Waals surface area contributed by atoms with Crippen LogP contribution in [0.4, 0.5) is 5.95 Å². The molecular weight excluding hydrogens is 210 g/mol. The summed E-state index contributed by atoms with van der Waals surface area (Å²) < 4.78 is 2.15. The molecule has 2 N–H and O–H groups in total. The van der Waals surface area contributed by atoms with Crippen LogP contribution >= 0.6 is 0 Å². The van der Waals surface area contributed by atoms with Crippen molar-refractivity contribution in [3.8, 4) is 0 Å². The molecule has 3 heteroatoms. The van der Waals surface area contributed by atoms with E-state index >= 15 is 0 Å². The largest absolute Gasteiger partial charge is 0.369 e. The number of nitrogens with two attached hydrogens (primary N) is 1. The number of nitrogens with zero attached hydrogens (tertiary/aromatic N) is 2. The molecule has 0 aliphatic heterocycles. The van der Waals surface area contributed by atoms with Crippen LogP contribution in [0.2, 0.25) is 0 Å². The third kappa shape index (κ3) is 2.43. The molecule has 0 saturated heterocycles. The van der Waals surface area contributed by atoms with Gasteiger partial charge in [-0.05, 0) is 37.3 Å². The molecule has 3 nitrogen and oxygen atoms in total. The number of benzene rings is 1. The second-order valence-electron chi connectivity index (χ2n) is 5.10. The Bertz CT molecular complexity index is 511. The van der Waals surface area contributed by atoms with Gasteiger partial charge in [-0.2, -0.15) is 0 Å². The van der Waals surface area contributed by atoms with Crippen molar-refractivity contribution in [3.63, 3.8) is 0 Å². The van der Waals surface area contributed by atoms with E-state index < -0.39 is 0 Å². The van der Waals surface area contributed by atoms with Crippen LogP contribution in [0.15, 0.2) is 18.2 Å². The first-order valence-corrected chi connectivity index (χ1v) is 6.31. The lowest BCUT2D eigenvalue weighted by molar-refractivity contribution is 0.518. The number of imidazole rings is 1. The number of anilines is 1. The highest BCUT2D eigenvalue weighted by Gasteiger charge is 2.09. The highest BCUT2D eigenvalue weighted by atomic mass is 15.1. The molecule has 0 spiro atoms. The molecular formula is C14H21N3. The number of aromatic nitrogens is 2. The molecule has 2 rings (SSSR count). The van der Waals surface area contributed by atoms with Crippen LogP contribution in [-0.4, -0.2) is 9.55 Å². The summed E-state index contributed by atoms with van der Waals surface area (Å²) in [5.74, 6) is 1.38. The summed E-state index contributed by atoms with van der Waals surface area (Å²) in [5.41, 5.74) is 9.43. The molecule has 0 bridgehead atoms. The maximum Gasteiger partial charge on any atom is 0.201 e. The van der Waals surface area contributed by atoms with Crippen molar-refractivity contribution in [2.75, 3.05) is 5.73 Å². The molecule has 0 amide bonds. The Kier molecular flexibility index (Phi) is 3.36. The van der Waals surface area contributed by atoms with Crippen molar-refractivity contribution in [1.82, 2.24) is 9.55 Å². The first kappa shape index (κ1) is 12.0.